The van der Waals surface area contributed by atoms with Gasteiger partial charge in [0.15, 0.2) is 11.4 Å². The van der Waals surface area contributed by atoms with E-state index in [4.69, 9.17) is 28.4 Å². The average Bonchev–Trinajstić information content (AvgIpc) is 3.46. The van der Waals surface area contributed by atoms with Gasteiger partial charge in [0.1, 0.15) is 11.9 Å². The molecule has 8 nitrogen and oxygen atoms in total. The predicted octanol–water partition coefficient (Wildman–Crippen LogP) is 8.83. The maximum atomic E-state index is 13.4. The fourth-order valence-corrected chi connectivity index (χ4v) is 6.93. The molecule has 0 aliphatic carbocycles. The van der Waals surface area contributed by atoms with Crippen molar-refractivity contribution in [1.29, 1.82) is 0 Å². The summed E-state index contributed by atoms with van der Waals surface area (Å²) in [5.41, 5.74) is 2.07. The molecule has 0 saturated carbocycles. The van der Waals surface area contributed by atoms with Crippen molar-refractivity contribution in [3.05, 3.63) is 82.5 Å². The lowest BCUT2D eigenvalue weighted by molar-refractivity contribution is -0.168. The molecule has 1 fully saturated rings. The minimum absolute atomic E-state index is 0.166. The topological polar surface area (TPSA) is 89.5 Å². The van der Waals surface area contributed by atoms with Gasteiger partial charge in [-0.05, 0) is 121 Å². The smallest absolute Gasteiger partial charge is 0.311 e. The zero-order valence-electron chi connectivity index (χ0n) is 31.5. The second-order valence-corrected chi connectivity index (χ2v) is 16.7. The number of carbonyl (C=O) groups is 1. The van der Waals surface area contributed by atoms with Crippen LogP contribution in [0.3, 0.4) is 0 Å². The Morgan fingerprint density at radius 3 is 2.38 bits per heavy atom. The standard InChI is InChI=1S/C41H58O8S/c1-29-12-18-35(19-13-29)50(43)24-22-41(37-28-47-40(7,8)49-37)21-20-33(25-30(2)31(3)26-46-38(42)39(4,5)6)36(48-41)11-10-23-45-27-32-14-16-34(44-9)17-15-32/h12-19,22,24,30-31,37H,10-11,20-21,23,25-28H2,1-9H3/b24-22+/t30-,31-,37-,41-,50?/m0/s1. The Labute approximate surface area is 302 Å². The molecule has 4 rings (SSSR count). The average molecular weight is 711 g/mol. The van der Waals surface area contributed by atoms with Crippen molar-refractivity contribution in [2.75, 3.05) is 26.9 Å². The highest BCUT2D eigenvalue weighted by atomic mass is 32.2. The zero-order valence-corrected chi connectivity index (χ0v) is 32.4. The molecule has 0 spiro atoms. The molecule has 1 unspecified atom stereocenters. The van der Waals surface area contributed by atoms with Crippen LogP contribution in [-0.2, 0) is 45.9 Å². The monoisotopic (exact) mass is 710 g/mol. The van der Waals surface area contributed by atoms with Crippen molar-refractivity contribution in [2.24, 2.45) is 17.3 Å². The van der Waals surface area contributed by atoms with Crippen LogP contribution < -0.4 is 4.74 Å². The van der Waals surface area contributed by atoms with Gasteiger partial charge >= 0.3 is 5.97 Å². The van der Waals surface area contributed by atoms with E-state index in [1.54, 1.807) is 12.5 Å². The van der Waals surface area contributed by atoms with Crippen molar-refractivity contribution in [1.82, 2.24) is 0 Å². The third-order valence-corrected chi connectivity index (χ3v) is 10.7. The Morgan fingerprint density at radius 2 is 1.76 bits per heavy atom. The molecule has 1 saturated heterocycles. The third-order valence-electron chi connectivity index (χ3n) is 9.56. The van der Waals surface area contributed by atoms with Gasteiger partial charge < -0.3 is 28.4 Å². The SMILES string of the molecule is COc1ccc(COCCCC2=C(C[C@H](C)[C@@H](C)COC(=O)C(C)(C)C)CC[C@](/C=C/S(=O)c3ccc(C)cc3)([C@@H]3COC(C)(C)O3)O2)cc1. The number of aryl methyl sites for hydroxylation is 1. The fraction of sp³-hybridized carbons (Fsp3) is 0.585. The fourth-order valence-electron chi connectivity index (χ4n) is 6.01. The Balaban J connectivity index is 1.54. The molecule has 276 valence electrons. The Morgan fingerprint density at radius 1 is 1.06 bits per heavy atom. The molecule has 0 bridgehead atoms. The van der Waals surface area contributed by atoms with Gasteiger partial charge in [-0.3, -0.25) is 4.79 Å². The molecule has 2 aliphatic rings. The summed E-state index contributed by atoms with van der Waals surface area (Å²) in [5, 5.41) is 1.74. The van der Waals surface area contributed by atoms with Crippen LogP contribution in [0.15, 0.2) is 76.2 Å². The van der Waals surface area contributed by atoms with Gasteiger partial charge in [-0.2, -0.15) is 0 Å². The summed E-state index contributed by atoms with van der Waals surface area (Å²) < 4.78 is 50.0. The highest BCUT2D eigenvalue weighted by molar-refractivity contribution is 7.88. The first-order valence-corrected chi connectivity index (χ1v) is 19.1. The first-order chi connectivity index (χ1) is 23.6. The first-order valence-electron chi connectivity index (χ1n) is 17.9. The van der Waals surface area contributed by atoms with Crippen molar-refractivity contribution in [3.8, 4) is 5.75 Å². The van der Waals surface area contributed by atoms with Gasteiger partial charge in [0.25, 0.3) is 0 Å². The van der Waals surface area contributed by atoms with E-state index in [2.05, 4.69) is 13.8 Å². The lowest BCUT2D eigenvalue weighted by Gasteiger charge is -2.42. The molecule has 0 amide bonds. The van der Waals surface area contributed by atoms with Crippen molar-refractivity contribution < 1.29 is 37.4 Å². The van der Waals surface area contributed by atoms with Crippen LogP contribution in [0.25, 0.3) is 0 Å². The number of benzene rings is 2. The van der Waals surface area contributed by atoms with E-state index < -0.39 is 27.6 Å². The highest BCUT2D eigenvalue weighted by Gasteiger charge is 2.49. The molecule has 0 radical (unpaired) electrons. The number of methoxy groups -OCH3 is 1. The van der Waals surface area contributed by atoms with Crippen molar-refractivity contribution >= 4 is 16.8 Å². The maximum absolute atomic E-state index is 13.4. The summed E-state index contributed by atoms with van der Waals surface area (Å²) in [4.78, 5) is 13.2. The molecule has 0 N–H and O–H groups in total. The van der Waals surface area contributed by atoms with Gasteiger partial charge in [-0.25, -0.2) is 4.21 Å². The Bertz CT molecular complexity index is 1490. The number of esters is 1. The largest absolute Gasteiger partial charge is 0.497 e. The first kappa shape index (κ1) is 39.8. The van der Waals surface area contributed by atoms with E-state index in [1.807, 2.05) is 96.1 Å². The molecular formula is C41H58O8S. The molecule has 5 atom stereocenters. The number of hydrogen-bond acceptors (Lipinski definition) is 8. The van der Waals surface area contributed by atoms with E-state index in [1.165, 1.54) is 5.57 Å². The van der Waals surface area contributed by atoms with Gasteiger partial charge in [0.05, 0.1) is 48.9 Å². The number of ether oxygens (including phenoxy) is 6. The predicted molar refractivity (Wildman–Crippen MR) is 197 cm³/mol. The van der Waals surface area contributed by atoms with Crippen LogP contribution in [0.5, 0.6) is 5.75 Å². The molecule has 50 heavy (non-hydrogen) atoms. The normalized spacial score (nSPS) is 22.6. The minimum Gasteiger partial charge on any atom is -0.497 e. The molecule has 2 aliphatic heterocycles. The number of rotatable bonds is 16. The number of hydrogen-bond donors (Lipinski definition) is 0. The molecule has 9 heteroatoms. The van der Waals surface area contributed by atoms with Crippen LogP contribution >= 0.6 is 0 Å². The summed E-state index contributed by atoms with van der Waals surface area (Å²) in [6.45, 7) is 17.6. The summed E-state index contributed by atoms with van der Waals surface area (Å²) >= 11 is 0. The third kappa shape index (κ3) is 11.3. The summed E-state index contributed by atoms with van der Waals surface area (Å²) in [7, 11) is 0.301. The molecule has 2 aromatic carbocycles. The van der Waals surface area contributed by atoms with Gasteiger partial charge in [-0.1, -0.05) is 43.7 Å². The second kappa shape index (κ2) is 17.5. The van der Waals surface area contributed by atoms with Gasteiger partial charge in [-0.15, -0.1) is 0 Å². The van der Waals surface area contributed by atoms with E-state index in [0.29, 0.717) is 39.3 Å². The van der Waals surface area contributed by atoms with Gasteiger partial charge in [0.2, 0.25) is 0 Å². The van der Waals surface area contributed by atoms with Crippen LogP contribution in [-0.4, -0.2) is 54.6 Å². The number of carbonyl (C=O) groups excluding carboxylic acids is 1. The lowest BCUT2D eigenvalue weighted by Crippen LogP contribution is -2.47. The second-order valence-electron chi connectivity index (χ2n) is 15.3. The van der Waals surface area contributed by atoms with Crippen molar-refractivity contribution in [2.45, 2.75) is 116 Å². The molecular weight excluding hydrogens is 653 g/mol. The summed E-state index contributed by atoms with van der Waals surface area (Å²) in [6, 6.07) is 15.6. The Kier molecular flexibility index (Phi) is 13.9. The zero-order chi connectivity index (χ0) is 36.5. The molecule has 2 heterocycles. The quantitative estimate of drug-likeness (QED) is 0.126. The van der Waals surface area contributed by atoms with E-state index >= 15 is 0 Å². The van der Waals surface area contributed by atoms with E-state index in [9.17, 15) is 9.00 Å². The molecule has 0 aromatic heterocycles. The van der Waals surface area contributed by atoms with Crippen LogP contribution in [0.4, 0.5) is 0 Å². The van der Waals surface area contributed by atoms with Gasteiger partial charge in [0, 0.05) is 23.3 Å². The van der Waals surface area contributed by atoms with Crippen LogP contribution in [0.1, 0.15) is 91.7 Å². The molecule has 2 aromatic rings. The number of allylic oxidation sites excluding steroid dienone is 2. The van der Waals surface area contributed by atoms with Crippen molar-refractivity contribution in [3.63, 3.8) is 0 Å². The van der Waals surface area contributed by atoms with Crippen LogP contribution in [0.2, 0.25) is 0 Å². The summed E-state index contributed by atoms with van der Waals surface area (Å²) in [6.07, 6.45) is 5.30. The maximum Gasteiger partial charge on any atom is 0.311 e. The van der Waals surface area contributed by atoms with E-state index in [0.717, 1.165) is 46.8 Å². The minimum atomic E-state index is -1.36. The summed E-state index contributed by atoms with van der Waals surface area (Å²) in [5.74, 6) is 1.23. The van der Waals surface area contributed by atoms with Crippen LogP contribution in [0, 0.1) is 24.2 Å². The lowest BCUT2D eigenvalue weighted by atomic mass is 9.81. The highest BCUT2D eigenvalue weighted by Crippen LogP contribution is 2.44. The Hall–Kier alpha value is -2.98. The van der Waals surface area contributed by atoms with E-state index in [-0.39, 0.29) is 23.9 Å².